The SMILES string of the molecule is CCOP(=O)(Cc1ccc(C(ON)C2Cc3cc4c(cc3C(=O)C(C)S2)OCO4)cc1)OCC. The van der Waals surface area contributed by atoms with E-state index in [1.807, 2.05) is 37.3 Å². The highest BCUT2D eigenvalue weighted by Crippen LogP contribution is 2.51. The lowest BCUT2D eigenvalue weighted by molar-refractivity contribution is 0.0510. The Labute approximate surface area is 203 Å². The molecule has 2 aliphatic rings. The van der Waals surface area contributed by atoms with Gasteiger partial charge < -0.3 is 18.5 Å². The van der Waals surface area contributed by atoms with Gasteiger partial charge in [0.1, 0.15) is 6.10 Å². The van der Waals surface area contributed by atoms with E-state index in [9.17, 15) is 9.36 Å². The van der Waals surface area contributed by atoms with Crippen molar-refractivity contribution in [2.75, 3.05) is 20.0 Å². The lowest BCUT2D eigenvalue weighted by Gasteiger charge is -2.26. The number of nitrogens with two attached hydrogens (primary N) is 1. The summed E-state index contributed by atoms with van der Waals surface area (Å²) in [7, 11) is -3.20. The monoisotopic (exact) mass is 507 g/mol. The number of carbonyl (C=O) groups excluding carboxylic acids is 1. The number of Topliss-reactive ketones (excluding diaryl/α,β-unsaturated/α-hetero) is 1. The number of carbonyl (C=O) groups is 1. The quantitative estimate of drug-likeness (QED) is 0.369. The van der Waals surface area contributed by atoms with E-state index in [0.717, 1.165) is 16.7 Å². The van der Waals surface area contributed by atoms with Gasteiger partial charge in [0.15, 0.2) is 17.3 Å². The minimum Gasteiger partial charge on any atom is -0.454 e. The molecule has 2 heterocycles. The number of hydrogen-bond donors (Lipinski definition) is 1. The van der Waals surface area contributed by atoms with Crippen LogP contribution in [0.4, 0.5) is 0 Å². The third kappa shape index (κ3) is 5.35. The fourth-order valence-corrected chi connectivity index (χ4v) is 7.42. The summed E-state index contributed by atoms with van der Waals surface area (Å²) < 4.78 is 34.7. The maximum atomic E-state index is 13.1. The van der Waals surface area contributed by atoms with Crippen molar-refractivity contribution < 1.29 is 32.7 Å². The molecule has 0 bridgehead atoms. The lowest BCUT2D eigenvalue weighted by Crippen LogP contribution is -2.25. The fourth-order valence-electron chi connectivity index (χ4n) is 4.31. The zero-order valence-electron chi connectivity index (χ0n) is 19.5. The van der Waals surface area contributed by atoms with Gasteiger partial charge in [-0.15, -0.1) is 11.8 Å². The molecule has 0 aromatic heterocycles. The Morgan fingerprint density at radius 1 is 1.12 bits per heavy atom. The predicted molar refractivity (Wildman–Crippen MR) is 130 cm³/mol. The molecule has 2 N–H and O–H groups in total. The molecule has 4 rings (SSSR count). The summed E-state index contributed by atoms with van der Waals surface area (Å²) >= 11 is 1.54. The molecule has 8 nitrogen and oxygen atoms in total. The fraction of sp³-hybridized carbons (Fsp3) is 0.458. The van der Waals surface area contributed by atoms with Crippen molar-refractivity contribution in [3.05, 3.63) is 58.7 Å². The molecule has 0 radical (unpaired) electrons. The highest BCUT2D eigenvalue weighted by Gasteiger charge is 2.35. The molecule has 3 unspecified atom stereocenters. The minimum atomic E-state index is -3.20. The second kappa shape index (κ2) is 10.8. The molecule has 2 aliphatic heterocycles. The number of thioether (sulfide) groups is 1. The summed E-state index contributed by atoms with van der Waals surface area (Å²) in [6, 6.07) is 11.3. The Bertz CT molecular complexity index is 1070. The average molecular weight is 508 g/mol. The first-order chi connectivity index (χ1) is 16.4. The highest BCUT2D eigenvalue weighted by molar-refractivity contribution is 8.01. The van der Waals surface area contributed by atoms with Gasteiger partial charge in [0.05, 0.1) is 24.6 Å². The third-order valence-electron chi connectivity index (χ3n) is 5.85. The number of hydrogen-bond acceptors (Lipinski definition) is 9. The number of ketones is 1. The standard InChI is InChI=1S/C24H30NO7PS/c1-4-30-33(27,31-5-2)13-16-6-8-17(9-7-16)24(32-25)22-11-18-10-20-21(29-14-28-20)12-19(18)23(26)15(3)34-22/h6-10,12,15,22,24H,4-5,11,13-14,25H2,1-3H3. The number of ether oxygens (including phenoxy) is 2. The van der Waals surface area contributed by atoms with E-state index in [0.29, 0.717) is 36.7 Å². The van der Waals surface area contributed by atoms with Gasteiger partial charge in [0, 0.05) is 10.8 Å². The van der Waals surface area contributed by atoms with Gasteiger partial charge in [-0.25, -0.2) is 5.90 Å². The molecule has 0 aliphatic carbocycles. The molecule has 184 valence electrons. The van der Waals surface area contributed by atoms with E-state index in [1.54, 1.807) is 31.7 Å². The van der Waals surface area contributed by atoms with Crippen LogP contribution >= 0.6 is 19.4 Å². The number of benzene rings is 2. The second-order valence-electron chi connectivity index (χ2n) is 8.15. The molecule has 0 saturated heterocycles. The van der Waals surface area contributed by atoms with Crippen LogP contribution in [0.5, 0.6) is 11.5 Å². The Morgan fingerprint density at radius 2 is 1.76 bits per heavy atom. The molecular weight excluding hydrogens is 477 g/mol. The Kier molecular flexibility index (Phi) is 8.02. The number of fused-ring (bicyclic) bond motifs is 2. The lowest BCUT2D eigenvalue weighted by atomic mass is 9.94. The van der Waals surface area contributed by atoms with Crippen molar-refractivity contribution in [2.24, 2.45) is 5.90 Å². The van der Waals surface area contributed by atoms with E-state index in [1.165, 1.54) is 0 Å². The zero-order chi connectivity index (χ0) is 24.3. The number of rotatable bonds is 9. The smallest absolute Gasteiger partial charge is 0.335 e. The van der Waals surface area contributed by atoms with Crippen LogP contribution in [0, 0.1) is 0 Å². The molecule has 0 amide bonds. The van der Waals surface area contributed by atoms with Crippen LogP contribution in [0.3, 0.4) is 0 Å². The van der Waals surface area contributed by atoms with Gasteiger partial charge >= 0.3 is 7.60 Å². The first-order valence-corrected chi connectivity index (χ1v) is 14.0. The summed E-state index contributed by atoms with van der Waals surface area (Å²) in [6.45, 7) is 6.27. The highest BCUT2D eigenvalue weighted by atomic mass is 32.2. The maximum absolute atomic E-state index is 13.1. The second-order valence-corrected chi connectivity index (χ2v) is 11.8. The van der Waals surface area contributed by atoms with E-state index >= 15 is 0 Å². The van der Waals surface area contributed by atoms with Gasteiger partial charge in [0.25, 0.3) is 0 Å². The molecule has 2 aromatic rings. The van der Waals surface area contributed by atoms with Crippen LogP contribution in [0.1, 0.15) is 53.9 Å². The topological polar surface area (TPSA) is 106 Å². The Morgan fingerprint density at radius 3 is 2.38 bits per heavy atom. The van der Waals surface area contributed by atoms with Crippen molar-refractivity contribution in [1.82, 2.24) is 0 Å². The van der Waals surface area contributed by atoms with Crippen LogP contribution < -0.4 is 15.4 Å². The summed E-state index contributed by atoms with van der Waals surface area (Å²) in [4.78, 5) is 18.5. The predicted octanol–water partition coefficient (Wildman–Crippen LogP) is 5.04. The zero-order valence-corrected chi connectivity index (χ0v) is 21.2. The first kappa shape index (κ1) is 25.2. The summed E-state index contributed by atoms with van der Waals surface area (Å²) in [6.07, 6.45) is 0.324. The van der Waals surface area contributed by atoms with Crippen molar-refractivity contribution >= 4 is 25.1 Å². The van der Waals surface area contributed by atoms with Gasteiger partial charge in [-0.1, -0.05) is 24.3 Å². The summed E-state index contributed by atoms with van der Waals surface area (Å²) in [5, 5.41) is -0.374. The van der Waals surface area contributed by atoms with E-state index < -0.39 is 13.7 Å². The molecule has 2 aromatic carbocycles. The molecule has 0 spiro atoms. The van der Waals surface area contributed by atoms with E-state index in [-0.39, 0.29) is 29.2 Å². The molecule has 34 heavy (non-hydrogen) atoms. The van der Waals surface area contributed by atoms with Crippen molar-refractivity contribution in [3.63, 3.8) is 0 Å². The molecule has 0 fully saturated rings. The minimum absolute atomic E-state index is 0.0505. The first-order valence-electron chi connectivity index (χ1n) is 11.3. The molecule has 0 saturated carbocycles. The molecule has 3 atom stereocenters. The van der Waals surface area contributed by atoms with Crippen LogP contribution in [-0.4, -0.2) is 36.3 Å². The maximum Gasteiger partial charge on any atom is 0.335 e. The van der Waals surface area contributed by atoms with Crippen molar-refractivity contribution in [1.29, 1.82) is 0 Å². The van der Waals surface area contributed by atoms with E-state index in [2.05, 4.69) is 0 Å². The van der Waals surface area contributed by atoms with Crippen molar-refractivity contribution in [3.8, 4) is 11.5 Å². The van der Waals surface area contributed by atoms with Gasteiger partial charge in [-0.3, -0.25) is 14.2 Å². The molecule has 10 heteroatoms. The van der Waals surface area contributed by atoms with Crippen LogP contribution in [0.25, 0.3) is 0 Å². The molecular formula is C24H30NO7PS. The Hall–Kier alpha value is -1.87. The summed E-state index contributed by atoms with van der Waals surface area (Å²) in [5.74, 6) is 7.06. The van der Waals surface area contributed by atoms with Gasteiger partial charge in [-0.05, 0) is 56.0 Å². The largest absolute Gasteiger partial charge is 0.454 e. The average Bonchev–Trinajstić information content (AvgIpc) is 3.22. The van der Waals surface area contributed by atoms with Gasteiger partial charge in [-0.2, -0.15) is 0 Å². The van der Waals surface area contributed by atoms with Crippen molar-refractivity contribution in [2.45, 2.75) is 50.0 Å². The van der Waals surface area contributed by atoms with Crippen LogP contribution in [-0.2, 0) is 31.0 Å². The summed E-state index contributed by atoms with van der Waals surface area (Å²) in [5.41, 5.74) is 3.25. The normalized spacial score (nSPS) is 20.6. The van der Waals surface area contributed by atoms with Gasteiger partial charge in [0.2, 0.25) is 6.79 Å². The third-order valence-corrected chi connectivity index (χ3v) is 9.29. The Balaban J connectivity index is 1.57. The van der Waals surface area contributed by atoms with Crippen LogP contribution in [0.2, 0.25) is 0 Å². The van der Waals surface area contributed by atoms with E-state index in [4.69, 9.17) is 29.3 Å². The van der Waals surface area contributed by atoms with Crippen LogP contribution in [0.15, 0.2) is 36.4 Å².